The summed E-state index contributed by atoms with van der Waals surface area (Å²) in [5, 5.41) is 21.8. The molecule has 0 unspecified atom stereocenters. The molecule has 4 rings (SSSR count). The second-order valence-electron chi connectivity index (χ2n) is 6.94. The molecular formula is C19H20ClF2N5O. The van der Waals surface area contributed by atoms with E-state index in [2.05, 4.69) is 15.5 Å². The van der Waals surface area contributed by atoms with Crippen LogP contribution in [0.4, 0.5) is 14.7 Å². The van der Waals surface area contributed by atoms with Gasteiger partial charge in [0, 0.05) is 36.8 Å². The number of piperidine rings is 1. The van der Waals surface area contributed by atoms with Gasteiger partial charge in [-0.1, -0.05) is 18.5 Å². The number of benzene rings is 1. The van der Waals surface area contributed by atoms with Crippen molar-refractivity contribution in [1.82, 2.24) is 19.5 Å². The van der Waals surface area contributed by atoms with Gasteiger partial charge in [-0.3, -0.25) is 9.30 Å². The van der Waals surface area contributed by atoms with E-state index in [4.69, 9.17) is 11.6 Å². The van der Waals surface area contributed by atoms with E-state index >= 15 is 0 Å². The monoisotopic (exact) mass is 407 g/mol. The summed E-state index contributed by atoms with van der Waals surface area (Å²) in [4.78, 5) is 2.04. The predicted molar refractivity (Wildman–Crippen MR) is 104 cm³/mol. The van der Waals surface area contributed by atoms with Gasteiger partial charge in [0.25, 0.3) is 0 Å². The summed E-state index contributed by atoms with van der Waals surface area (Å²) in [7, 11) is 0. The highest BCUT2D eigenvalue weighted by Crippen LogP contribution is 2.36. The number of anilines is 1. The van der Waals surface area contributed by atoms with Gasteiger partial charge in [-0.2, -0.15) is 0 Å². The molecule has 0 bridgehead atoms. The van der Waals surface area contributed by atoms with Crippen molar-refractivity contribution in [2.75, 3.05) is 25.0 Å². The number of hydrogen-bond acceptors (Lipinski definition) is 5. The first-order chi connectivity index (χ1) is 13.5. The maximum Gasteiger partial charge on any atom is 0.228 e. The zero-order valence-corrected chi connectivity index (χ0v) is 16.0. The molecule has 3 heterocycles. The number of fused-ring (bicyclic) bond motifs is 1. The van der Waals surface area contributed by atoms with Crippen LogP contribution in [0.15, 0.2) is 30.5 Å². The lowest BCUT2D eigenvalue weighted by molar-refractivity contribution is 0.134. The summed E-state index contributed by atoms with van der Waals surface area (Å²) >= 11 is 5.79. The third-order valence-electron chi connectivity index (χ3n) is 4.99. The Hall–Kier alpha value is -2.45. The maximum absolute atomic E-state index is 14.4. The highest BCUT2D eigenvalue weighted by molar-refractivity contribution is 6.30. The molecule has 1 fully saturated rings. The Kier molecular flexibility index (Phi) is 5.07. The van der Waals surface area contributed by atoms with Crippen LogP contribution in [0.2, 0.25) is 5.02 Å². The Bertz CT molecular complexity index is 988. The van der Waals surface area contributed by atoms with E-state index in [0.29, 0.717) is 31.0 Å². The molecule has 1 aliphatic heterocycles. The molecule has 1 aromatic carbocycles. The number of rotatable bonds is 4. The average molecular weight is 408 g/mol. The Morgan fingerprint density at radius 2 is 2.14 bits per heavy atom. The van der Waals surface area contributed by atoms with Crippen molar-refractivity contribution >= 4 is 23.1 Å². The second-order valence-corrected chi connectivity index (χ2v) is 7.38. The normalized spacial score (nSPS) is 20.6. The molecular weight excluding hydrogens is 388 g/mol. The Balaban J connectivity index is 1.71. The number of aromatic hydroxyl groups is 1. The number of nitrogens with zero attached hydrogens (tertiary/aromatic N) is 4. The number of aromatic nitrogens is 3. The van der Waals surface area contributed by atoms with E-state index < -0.39 is 12.0 Å². The lowest BCUT2D eigenvalue weighted by Gasteiger charge is -2.34. The number of likely N-dealkylation sites (tertiary alicyclic amines) is 1. The minimum atomic E-state index is -0.904. The lowest BCUT2D eigenvalue weighted by Crippen LogP contribution is -2.47. The van der Waals surface area contributed by atoms with Crippen LogP contribution in [0.3, 0.4) is 0 Å². The number of phenols is 1. The SMILES string of the molecule is CCN1C[C@H](F)C[C@@H](Nc2nnc(-c3c(O)cc(Cl)cc3F)c3cccn23)C1. The molecule has 148 valence electrons. The van der Waals surface area contributed by atoms with E-state index in [1.54, 1.807) is 22.7 Å². The van der Waals surface area contributed by atoms with Gasteiger partial charge in [0.15, 0.2) is 0 Å². The van der Waals surface area contributed by atoms with Gasteiger partial charge in [-0.05, 0) is 30.8 Å². The number of alkyl halides is 1. The minimum absolute atomic E-state index is 0.0641. The fraction of sp³-hybridized carbons (Fsp3) is 0.368. The highest BCUT2D eigenvalue weighted by atomic mass is 35.5. The van der Waals surface area contributed by atoms with Crippen molar-refractivity contribution in [3.05, 3.63) is 41.3 Å². The quantitative estimate of drug-likeness (QED) is 0.689. The smallest absolute Gasteiger partial charge is 0.228 e. The number of phenolic OH excluding ortho intramolecular Hbond substituents is 1. The number of halogens is 3. The van der Waals surface area contributed by atoms with Gasteiger partial charge >= 0.3 is 0 Å². The molecule has 0 saturated carbocycles. The molecule has 9 heteroatoms. The highest BCUT2D eigenvalue weighted by Gasteiger charge is 2.27. The first-order valence-corrected chi connectivity index (χ1v) is 9.49. The third-order valence-corrected chi connectivity index (χ3v) is 5.21. The first-order valence-electron chi connectivity index (χ1n) is 9.11. The summed E-state index contributed by atoms with van der Waals surface area (Å²) < 4.78 is 30.2. The molecule has 1 aliphatic rings. The largest absolute Gasteiger partial charge is 0.507 e. The van der Waals surface area contributed by atoms with Gasteiger partial charge < -0.3 is 10.4 Å². The summed E-state index contributed by atoms with van der Waals surface area (Å²) in [5.41, 5.74) is 0.698. The van der Waals surface area contributed by atoms with Crippen LogP contribution in [0.1, 0.15) is 13.3 Å². The molecule has 28 heavy (non-hydrogen) atoms. The predicted octanol–water partition coefficient (Wildman–Crippen LogP) is 3.74. The molecule has 3 aromatic rings. The van der Waals surface area contributed by atoms with E-state index in [-0.39, 0.29) is 28.1 Å². The Morgan fingerprint density at radius 1 is 1.32 bits per heavy atom. The maximum atomic E-state index is 14.4. The van der Waals surface area contributed by atoms with E-state index in [9.17, 15) is 13.9 Å². The Morgan fingerprint density at radius 3 is 2.89 bits per heavy atom. The summed E-state index contributed by atoms with van der Waals surface area (Å²) in [6.45, 7) is 3.92. The van der Waals surface area contributed by atoms with Gasteiger partial charge in [-0.25, -0.2) is 8.78 Å². The Labute approximate surface area is 165 Å². The summed E-state index contributed by atoms with van der Waals surface area (Å²) in [5.74, 6) is -0.559. The van der Waals surface area contributed by atoms with Crippen molar-refractivity contribution in [3.63, 3.8) is 0 Å². The van der Waals surface area contributed by atoms with Gasteiger partial charge in [-0.15, -0.1) is 10.2 Å². The zero-order valence-electron chi connectivity index (χ0n) is 15.2. The molecule has 0 radical (unpaired) electrons. The van der Waals surface area contributed by atoms with Crippen LogP contribution in [0.25, 0.3) is 16.8 Å². The zero-order chi connectivity index (χ0) is 19.8. The standard InChI is InChI=1S/C19H20ClF2N5O/c1-2-26-9-12(21)8-13(10-26)23-19-25-24-18(15-4-3-5-27(15)19)17-14(22)6-11(20)7-16(17)28/h3-7,12-13,28H,2,8-10H2,1H3,(H,23,25)/t12-,13-/m1/s1. The fourth-order valence-electron chi connectivity index (χ4n) is 3.70. The average Bonchev–Trinajstić information content (AvgIpc) is 3.12. The van der Waals surface area contributed by atoms with Crippen LogP contribution in [-0.4, -0.2) is 56.5 Å². The van der Waals surface area contributed by atoms with Crippen molar-refractivity contribution < 1.29 is 13.9 Å². The van der Waals surface area contributed by atoms with E-state index in [0.717, 1.165) is 12.6 Å². The van der Waals surface area contributed by atoms with Crippen LogP contribution < -0.4 is 5.32 Å². The second kappa shape index (κ2) is 7.52. The van der Waals surface area contributed by atoms with Crippen LogP contribution in [0.5, 0.6) is 5.75 Å². The van der Waals surface area contributed by atoms with Crippen molar-refractivity contribution in [3.8, 4) is 17.0 Å². The van der Waals surface area contributed by atoms with Gasteiger partial charge in [0.05, 0.1) is 11.1 Å². The van der Waals surface area contributed by atoms with Crippen LogP contribution >= 0.6 is 11.6 Å². The molecule has 6 nitrogen and oxygen atoms in total. The van der Waals surface area contributed by atoms with Crippen molar-refractivity contribution in [1.29, 1.82) is 0 Å². The van der Waals surface area contributed by atoms with Crippen LogP contribution in [-0.2, 0) is 0 Å². The molecule has 1 saturated heterocycles. The minimum Gasteiger partial charge on any atom is -0.507 e. The number of likely N-dealkylation sites (N-methyl/N-ethyl adjacent to an activating group) is 1. The molecule has 0 amide bonds. The number of hydrogen-bond donors (Lipinski definition) is 2. The van der Waals surface area contributed by atoms with Crippen molar-refractivity contribution in [2.24, 2.45) is 0 Å². The molecule has 2 atom stereocenters. The summed E-state index contributed by atoms with van der Waals surface area (Å²) in [6, 6.07) is 5.79. The topological polar surface area (TPSA) is 65.7 Å². The molecule has 0 spiro atoms. The van der Waals surface area contributed by atoms with Gasteiger partial charge in [0.1, 0.15) is 23.4 Å². The van der Waals surface area contributed by atoms with Gasteiger partial charge in [0.2, 0.25) is 5.95 Å². The van der Waals surface area contributed by atoms with E-state index in [1.165, 1.54) is 6.07 Å². The lowest BCUT2D eigenvalue weighted by atomic mass is 10.0. The fourth-order valence-corrected chi connectivity index (χ4v) is 3.89. The van der Waals surface area contributed by atoms with E-state index in [1.807, 2.05) is 11.8 Å². The molecule has 2 aromatic heterocycles. The summed E-state index contributed by atoms with van der Waals surface area (Å²) in [6.07, 6.45) is 1.24. The van der Waals surface area contributed by atoms with Crippen molar-refractivity contribution in [2.45, 2.75) is 25.6 Å². The number of nitrogens with one attached hydrogen (secondary N) is 1. The van der Waals surface area contributed by atoms with Crippen LogP contribution in [0, 0.1) is 5.82 Å². The molecule has 2 N–H and O–H groups in total. The third kappa shape index (κ3) is 3.49. The molecule has 0 aliphatic carbocycles. The first kappa shape index (κ1) is 18.9.